The van der Waals surface area contributed by atoms with Gasteiger partial charge in [0.2, 0.25) is 0 Å². The normalized spacial score (nSPS) is 11.5. The number of fused-ring (bicyclic) bond motifs is 1. The van der Waals surface area contributed by atoms with Crippen molar-refractivity contribution in [2.45, 2.75) is 59.2 Å². The molecule has 2 aromatic heterocycles. The van der Waals surface area contributed by atoms with Gasteiger partial charge in [0.1, 0.15) is 5.60 Å². The Kier molecular flexibility index (Phi) is 6.94. The minimum Gasteiger partial charge on any atom is -0.463 e. The van der Waals surface area contributed by atoms with Gasteiger partial charge in [-0.05, 0) is 38.3 Å². The number of anilines is 1. The van der Waals surface area contributed by atoms with Gasteiger partial charge in [-0.2, -0.15) is 9.97 Å². The number of benzene rings is 1. The van der Waals surface area contributed by atoms with Crippen molar-refractivity contribution in [3.63, 3.8) is 0 Å². The zero-order valence-corrected chi connectivity index (χ0v) is 18.5. The highest BCUT2D eigenvalue weighted by atomic mass is 16.6. The minimum absolute atomic E-state index is 0.267. The zero-order chi connectivity index (χ0) is 22.4. The smallest absolute Gasteiger partial charge is 0.407 e. The van der Waals surface area contributed by atoms with E-state index in [-0.39, 0.29) is 6.01 Å². The average molecular weight is 427 g/mol. The molecule has 9 nitrogen and oxygen atoms in total. The second kappa shape index (κ2) is 9.63. The Morgan fingerprint density at radius 1 is 1.16 bits per heavy atom. The molecule has 166 valence electrons. The Morgan fingerprint density at radius 2 is 1.87 bits per heavy atom. The average Bonchev–Trinajstić information content (AvgIpc) is 3.10. The number of hydrogen-bond donors (Lipinski definition) is 2. The van der Waals surface area contributed by atoms with Gasteiger partial charge < -0.3 is 25.1 Å². The first kappa shape index (κ1) is 22.3. The highest BCUT2D eigenvalue weighted by Gasteiger charge is 2.16. The van der Waals surface area contributed by atoms with Crippen molar-refractivity contribution in [2.75, 3.05) is 12.3 Å². The molecule has 0 aliphatic carbocycles. The Balaban J connectivity index is 1.66. The first-order valence-corrected chi connectivity index (χ1v) is 10.4. The number of nitrogens with zero attached hydrogens (tertiary/aromatic N) is 4. The van der Waals surface area contributed by atoms with Crippen LogP contribution in [-0.2, 0) is 17.8 Å². The molecule has 0 fully saturated rings. The largest absolute Gasteiger partial charge is 0.463 e. The fourth-order valence-electron chi connectivity index (χ4n) is 2.88. The van der Waals surface area contributed by atoms with Crippen LogP contribution in [0.3, 0.4) is 0 Å². The molecule has 0 saturated carbocycles. The highest BCUT2D eigenvalue weighted by molar-refractivity contribution is 5.82. The number of amides is 1. The fraction of sp³-hybridized carbons (Fsp3) is 0.455. The van der Waals surface area contributed by atoms with E-state index in [1.54, 1.807) is 6.33 Å². The summed E-state index contributed by atoms with van der Waals surface area (Å²) in [4.78, 5) is 24.8. The van der Waals surface area contributed by atoms with Crippen molar-refractivity contribution >= 4 is 23.1 Å². The Hall–Kier alpha value is -3.36. The van der Waals surface area contributed by atoms with Crippen LogP contribution >= 0.6 is 0 Å². The van der Waals surface area contributed by atoms with Crippen molar-refractivity contribution in [2.24, 2.45) is 0 Å². The molecule has 0 atom stereocenters. The van der Waals surface area contributed by atoms with Gasteiger partial charge >= 0.3 is 12.1 Å². The fourth-order valence-corrected chi connectivity index (χ4v) is 2.88. The molecular formula is C22H30N6O3. The van der Waals surface area contributed by atoms with Gasteiger partial charge in [-0.15, -0.1) is 0 Å². The molecule has 0 saturated heterocycles. The number of alkyl carbamates (subject to hydrolysis) is 1. The summed E-state index contributed by atoms with van der Waals surface area (Å²) in [6.07, 6.45) is 3.22. The molecule has 3 aromatic rings. The van der Waals surface area contributed by atoms with Crippen molar-refractivity contribution in [1.29, 1.82) is 0 Å². The van der Waals surface area contributed by atoms with Gasteiger partial charge in [0.05, 0.1) is 19.5 Å². The topological polar surface area (TPSA) is 117 Å². The van der Waals surface area contributed by atoms with Crippen LogP contribution in [0.1, 0.15) is 51.7 Å². The number of nitrogens with two attached hydrogens (primary N) is 1. The number of carbonyl (C=O) groups excluding carboxylic acids is 1. The van der Waals surface area contributed by atoms with Gasteiger partial charge in [-0.3, -0.25) is 0 Å². The third-order valence-electron chi connectivity index (χ3n) is 4.41. The summed E-state index contributed by atoms with van der Waals surface area (Å²) in [5.74, 6) is 0.304. The summed E-state index contributed by atoms with van der Waals surface area (Å²) in [6.45, 7) is 9.11. The SMILES string of the molecule is CCCCOc1nc(N)c2ncn(Cc3ccc(CNC(=O)OC(C)(C)C)cc3)c2n1. The molecule has 1 aromatic carbocycles. The van der Waals surface area contributed by atoms with Crippen LogP contribution in [0.15, 0.2) is 30.6 Å². The van der Waals surface area contributed by atoms with Crippen LogP contribution in [0.2, 0.25) is 0 Å². The first-order valence-electron chi connectivity index (χ1n) is 10.4. The third kappa shape index (κ3) is 6.31. The van der Waals surface area contributed by atoms with E-state index in [2.05, 4.69) is 27.2 Å². The number of rotatable bonds is 8. The van der Waals surface area contributed by atoms with Crippen molar-refractivity contribution in [1.82, 2.24) is 24.8 Å². The maximum Gasteiger partial charge on any atom is 0.407 e. The standard InChI is InChI=1S/C22H30N6O3/c1-5-6-11-30-20-26-18(23)17-19(27-20)28(14-25-17)13-16-9-7-15(8-10-16)12-24-21(29)31-22(2,3)4/h7-10,14H,5-6,11-13H2,1-4H3,(H,24,29)(H2,23,26,27). The second-order valence-electron chi connectivity index (χ2n) is 8.31. The van der Waals surface area contributed by atoms with Crippen molar-refractivity contribution < 1.29 is 14.3 Å². The summed E-state index contributed by atoms with van der Waals surface area (Å²) in [5, 5.41) is 2.76. The summed E-state index contributed by atoms with van der Waals surface area (Å²) in [6, 6.07) is 8.20. The van der Waals surface area contributed by atoms with Crippen LogP contribution in [0, 0.1) is 0 Å². The van der Waals surface area contributed by atoms with E-state index < -0.39 is 11.7 Å². The van der Waals surface area contributed by atoms with Crippen LogP contribution in [0.5, 0.6) is 6.01 Å². The lowest BCUT2D eigenvalue weighted by molar-refractivity contribution is 0.0523. The highest BCUT2D eigenvalue weighted by Crippen LogP contribution is 2.20. The van der Waals surface area contributed by atoms with Gasteiger partial charge in [0.15, 0.2) is 17.0 Å². The maximum atomic E-state index is 11.8. The maximum absolute atomic E-state index is 11.8. The molecule has 0 radical (unpaired) electrons. The minimum atomic E-state index is -0.518. The summed E-state index contributed by atoms with van der Waals surface area (Å²) in [5.41, 5.74) is 8.74. The van der Waals surface area contributed by atoms with Crippen LogP contribution in [0.4, 0.5) is 10.6 Å². The molecule has 1 amide bonds. The molecule has 0 aliphatic heterocycles. The van der Waals surface area contributed by atoms with Crippen molar-refractivity contribution in [3.8, 4) is 6.01 Å². The van der Waals surface area contributed by atoms with Crippen LogP contribution in [0.25, 0.3) is 11.2 Å². The number of nitrogens with one attached hydrogen (secondary N) is 1. The molecule has 0 aliphatic rings. The number of imidazole rings is 1. The van der Waals surface area contributed by atoms with Gasteiger partial charge in [0, 0.05) is 6.54 Å². The third-order valence-corrected chi connectivity index (χ3v) is 4.41. The Bertz CT molecular complexity index is 1020. The summed E-state index contributed by atoms with van der Waals surface area (Å²) < 4.78 is 12.8. The molecule has 3 rings (SSSR count). The summed E-state index contributed by atoms with van der Waals surface area (Å²) in [7, 11) is 0. The van der Waals surface area contributed by atoms with Crippen LogP contribution in [-0.4, -0.2) is 37.8 Å². The van der Waals surface area contributed by atoms with E-state index >= 15 is 0 Å². The lowest BCUT2D eigenvalue weighted by Gasteiger charge is -2.19. The van der Waals surface area contributed by atoms with E-state index in [0.29, 0.717) is 36.7 Å². The Morgan fingerprint density at radius 3 is 2.55 bits per heavy atom. The first-order chi connectivity index (χ1) is 14.7. The number of unbranched alkanes of at least 4 members (excludes halogenated alkanes) is 1. The Labute approximate surface area is 182 Å². The number of ether oxygens (including phenoxy) is 2. The van der Waals surface area contributed by atoms with Gasteiger partial charge in [-0.25, -0.2) is 9.78 Å². The van der Waals surface area contributed by atoms with Gasteiger partial charge in [0.25, 0.3) is 0 Å². The monoisotopic (exact) mass is 426 g/mol. The number of carbonyl (C=O) groups is 1. The van der Waals surface area contributed by atoms with E-state index in [1.165, 1.54) is 0 Å². The molecule has 9 heteroatoms. The molecule has 0 bridgehead atoms. The molecule has 3 N–H and O–H groups in total. The molecule has 31 heavy (non-hydrogen) atoms. The predicted octanol–water partition coefficient (Wildman–Crippen LogP) is 3.66. The lowest BCUT2D eigenvalue weighted by atomic mass is 10.1. The molecule has 0 unspecified atom stereocenters. The van der Waals surface area contributed by atoms with E-state index in [4.69, 9.17) is 15.2 Å². The number of nitrogen functional groups attached to an aromatic ring is 1. The second-order valence-corrected chi connectivity index (χ2v) is 8.31. The van der Waals surface area contributed by atoms with E-state index in [9.17, 15) is 4.79 Å². The summed E-state index contributed by atoms with van der Waals surface area (Å²) >= 11 is 0. The predicted molar refractivity (Wildman–Crippen MR) is 119 cm³/mol. The number of aromatic nitrogens is 4. The lowest BCUT2D eigenvalue weighted by Crippen LogP contribution is -2.32. The molecule has 2 heterocycles. The molecule has 0 spiro atoms. The van der Waals surface area contributed by atoms with E-state index in [1.807, 2.05) is 49.6 Å². The molecular weight excluding hydrogens is 396 g/mol. The number of hydrogen-bond acceptors (Lipinski definition) is 7. The van der Waals surface area contributed by atoms with Crippen molar-refractivity contribution in [3.05, 3.63) is 41.7 Å². The zero-order valence-electron chi connectivity index (χ0n) is 18.5. The van der Waals surface area contributed by atoms with Crippen LogP contribution < -0.4 is 15.8 Å². The van der Waals surface area contributed by atoms with E-state index in [0.717, 1.165) is 24.0 Å². The van der Waals surface area contributed by atoms with Gasteiger partial charge in [-0.1, -0.05) is 37.6 Å². The quantitative estimate of drug-likeness (QED) is 0.528.